The van der Waals surface area contributed by atoms with Crippen LogP contribution in [0.1, 0.15) is 32.1 Å². The van der Waals surface area contributed by atoms with Gasteiger partial charge in [0.2, 0.25) is 0 Å². The van der Waals surface area contributed by atoms with Crippen LogP contribution in [-0.4, -0.2) is 38.9 Å². The van der Waals surface area contributed by atoms with Crippen LogP contribution in [0.2, 0.25) is 0 Å². The van der Waals surface area contributed by atoms with E-state index in [-0.39, 0.29) is 0 Å². The van der Waals surface area contributed by atoms with Crippen LogP contribution in [0.25, 0.3) is 0 Å². The average Bonchev–Trinajstić information content (AvgIpc) is 2.78. The smallest absolute Gasteiger partial charge is 0.304 e. The third kappa shape index (κ3) is 4.18. The predicted molar refractivity (Wildman–Crippen MR) is 86.4 cm³/mol. The van der Waals surface area contributed by atoms with E-state index in [4.69, 9.17) is 5.73 Å². The van der Waals surface area contributed by atoms with E-state index in [0.717, 1.165) is 31.4 Å². The van der Waals surface area contributed by atoms with E-state index in [0.29, 0.717) is 32.6 Å². The first-order valence-corrected chi connectivity index (χ1v) is 9.09. The monoisotopic (exact) mass is 311 g/mol. The second-order valence-corrected chi connectivity index (χ2v) is 7.22. The normalized spacial score (nSPS) is 17.4. The van der Waals surface area contributed by atoms with Crippen molar-refractivity contribution in [1.82, 2.24) is 4.31 Å². The van der Waals surface area contributed by atoms with Crippen LogP contribution >= 0.6 is 0 Å². The molecule has 0 bridgehead atoms. The summed E-state index contributed by atoms with van der Waals surface area (Å²) >= 11 is 0. The number of anilines is 1. The van der Waals surface area contributed by atoms with Gasteiger partial charge in [0.05, 0.1) is 5.69 Å². The third-order valence-corrected chi connectivity index (χ3v) is 5.75. The van der Waals surface area contributed by atoms with Gasteiger partial charge in [-0.25, -0.2) is 0 Å². The summed E-state index contributed by atoms with van der Waals surface area (Å²) in [6, 6.07) is 9.30. The molecule has 1 heterocycles. The molecular weight excluding hydrogens is 286 g/mol. The quantitative estimate of drug-likeness (QED) is 0.873. The highest BCUT2D eigenvalue weighted by molar-refractivity contribution is 7.90. The van der Waals surface area contributed by atoms with Crippen molar-refractivity contribution in [3.63, 3.8) is 0 Å². The largest absolute Gasteiger partial charge is 0.330 e. The second-order valence-electron chi connectivity index (χ2n) is 5.37. The molecule has 6 heteroatoms. The summed E-state index contributed by atoms with van der Waals surface area (Å²) in [4.78, 5) is 0. The number of nitrogens with two attached hydrogens (primary N) is 1. The number of hydrogen-bond acceptors (Lipinski definition) is 3. The van der Waals surface area contributed by atoms with Gasteiger partial charge in [-0.3, -0.25) is 4.31 Å². The molecule has 0 amide bonds. The summed E-state index contributed by atoms with van der Waals surface area (Å²) in [5.74, 6) is 0. The maximum absolute atomic E-state index is 13.0. The van der Waals surface area contributed by atoms with E-state index in [1.807, 2.05) is 30.3 Å². The number of hydrogen-bond donors (Lipinski definition) is 1. The van der Waals surface area contributed by atoms with Crippen molar-refractivity contribution in [2.24, 2.45) is 5.73 Å². The SMILES string of the molecule is NCCCN(c1ccccc1)S(=O)(=O)N1CCCCCC1. The minimum absolute atomic E-state index is 0.430. The molecule has 0 aliphatic carbocycles. The molecule has 0 saturated carbocycles. The molecule has 1 fully saturated rings. The standard InChI is InChI=1S/C15H25N3O2S/c16-11-8-14-18(15-9-4-3-5-10-15)21(19,20)17-12-6-1-2-7-13-17/h3-5,9-10H,1-2,6-8,11-14,16H2. The van der Waals surface area contributed by atoms with Crippen LogP contribution in [0.4, 0.5) is 5.69 Å². The van der Waals surface area contributed by atoms with E-state index in [1.165, 1.54) is 4.31 Å². The Balaban J connectivity index is 2.25. The molecule has 1 aromatic carbocycles. The highest BCUT2D eigenvalue weighted by Gasteiger charge is 2.29. The number of para-hydroxylation sites is 1. The van der Waals surface area contributed by atoms with Gasteiger partial charge >= 0.3 is 10.2 Å². The van der Waals surface area contributed by atoms with Crippen molar-refractivity contribution in [3.05, 3.63) is 30.3 Å². The Labute approximate surface area is 127 Å². The molecule has 1 aliphatic heterocycles. The van der Waals surface area contributed by atoms with Gasteiger partial charge < -0.3 is 5.73 Å². The van der Waals surface area contributed by atoms with Gasteiger partial charge in [0, 0.05) is 19.6 Å². The Bertz CT molecular complexity index is 511. The zero-order valence-corrected chi connectivity index (χ0v) is 13.3. The summed E-state index contributed by atoms with van der Waals surface area (Å²) in [6.07, 6.45) is 4.76. The Morgan fingerprint density at radius 1 is 1.05 bits per heavy atom. The van der Waals surface area contributed by atoms with E-state index < -0.39 is 10.2 Å². The lowest BCUT2D eigenvalue weighted by Crippen LogP contribution is -2.45. The Morgan fingerprint density at radius 3 is 2.24 bits per heavy atom. The first-order valence-electron chi connectivity index (χ1n) is 7.69. The lowest BCUT2D eigenvalue weighted by molar-refractivity contribution is 0.420. The number of rotatable bonds is 6. The zero-order chi connectivity index (χ0) is 15.1. The highest BCUT2D eigenvalue weighted by atomic mass is 32.2. The van der Waals surface area contributed by atoms with Gasteiger partial charge in [0.25, 0.3) is 0 Å². The van der Waals surface area contributed by atoms with E-state index in [2.05, 4.69) is 0 Å². The minimum Gasteiger partial charge on any atom is -0.330 e. The molecular formula is C15H25N3O2S. The van der Waals surface area contributed by atoms with E-state index in [9.17, 15) is 8.42 Å². The average molecular weight is 311 g/mol. The topological polar surface area (TPSA) is 66.6 Å². The van der Waals surface area contributed by atoms with Gasteiger partial charge in [0.15, 0.2) is 0 Å². The molecule has 2 N–H and O–H groups in total. The first-order chi connectivity index (χ1) is 10.2. The Hall–Kier alpha value is -1.11. The molecule has 1 aliphatic rings. The maximum atomic E-state index is 13.0. The van der Waals surface area contributed by atoms with Crippen molar-refractivity contribution in [2.75, 3.05) is 30.5 Å². The van der Waals surface area contributed by atoms with Gasteiger partial charge in [0.1, 0.15) is 0 Å². The molecule has 21 heavy (non-hydrogen) atoms. The number of nitrogens with zero attached hydrogens (tertiary/aromatic N) is 2. The summed E-state index contributed by atoms with van der Waals surface area (Å²) in [6.45, 7) is 2.15. The maximum Gasteiger partial charge on any atom is 0.304 e. The second kappa shape index (κ2) is 7.77. The van der Waals surface area contributed by atoms with Crippen LogP contribution in [0, 0.1) is 0 Å². The van der Waals surface area contributed by atoms with Crippen LogP contribution < -0.4 is 10.0 Å². The molecule has 0 unspecified atom stereocenters. The fourth-order valence-corrected chi connectivity index (χ4v) is 4.36. The van der Waals surface area contributed by atoms with Crippen molar-refractivity contribution >= 4 is 15.9 Å². The molecule has 118 valence electrons. The molecule has 0 spiro atoms. The molecule has 0 atom stereocenters. The van der Waals surface area contributed by atoms with Crippen LogP contribution in [0.15, 0.2) is 30.3 Å². The molecule has 0 radical (unpaired) electrons. The van der Waals surface area contributed by atoms with Gasteiger partial charge in [-0.2, -0.15) is 12.7 Å². The Kier molecular flexibility index (Phi) is 6.02. The van der Waals surface area contributed by atoms with Crippen LogP contribution in [0.5, 0.6) is 0 Å². The molecule has 1 aromatic rings. The molecule has 5 nitrogen and oxygen atoms in total. The summed E-state index contributed by atoms with van der Waals surface area (Å²) in [7, 11) is -3.46. The van der Waals surface area contributed by atoms with Gasteiger partial charge in [-0.1, -0.05) is 31.0 Å². The lowest BCUT2D eigenvalue weighted by atomic mass is 10.2. The fourth-order valence-electron chi connectivity index (χ4n) is 2.62. The van der Waals surface area contributed by atoms with E-state index in [1.54, 1.807) is 4.31 Å². The zero-order valence-electron chi connectivity index (χ0n) is 12.4. The first kappa shape index (κ1) is 16.3. The van der Waals surface area contributed by atoms with Crippen molar-refractivity contribution < 1.29 is 8.42 Å². The van der Waals surface area contributed by atoms with Gasteiger partial charge in [-0.05, 0) is 37.9 Å². The Morgan fingerprint density at radius 2 is 1.67 bits per heavy atom. The summed E-state index contributed by atoms with van der Waals surface area (Å²) < 4.78 is 29.0. The number of benzene rings is 1. The van der Waals surface area contributed by atoms with Crippen molar-refractivity contribution in [1.29, 1.82) is 0 Å². The molecule has 1 saturated heterocycles. The molecule has 0 aromatic heterocycles. The highest BCUT2D eigenvalue weighted by Crippen LogP contribution is 2.23. The summed E-state index contributed by atoms with van der Waals surface area (Å²) in [5, 5.41) is 0. The predicted octanol–water partition coefficient (Wildman–Crippen LogP) is 1.96. The van der Waals surface area contributed by atoms with Crippen LogP contribution in [-0.2, 0) is 10.2 Å². The lowest BCUT2D eigenvalue weighted by Gasteiger charge is -2.30. The van der Waals surface area contributed by atoms with Crippen LogP contribution in [0.3, 0.4) is 0 Å². The van der Waals surface area contributed by atoms with Gasteiger partial charge in [-0.15, -0.1) is 0 Å². The fraction of sp³-hybridized carbons (Fsp3) is 0.600. The van der Waals surface area contributed by atoms with E-state index >= 15 is 0 Å². The van der Waals surface area contributed by atoms with Crippen molar-refractivity contribution in [2.45, 2.75) is 32.1 Å². The molecule has 2 rings (SSSR count). The van der Waals surface area contributed by atoms with Crippen molar-refractivity contribution in [3.8, 4) is 0 Å². The minimum atomic E-state index is -3.46. The summed E-state index contributed by atoms with van der Waals surface area (Å²) in [5.41, 5.74) is 6.28. The third-order valence-electron chi connectivity index (χ3n) is 3.78.